The molecule has 7 atom stereocenters. The fourth-order valence-corrected chi connectivity index (χ4v) is 11.1. The van der Waals surface area contributed by atoms with Crippen molar-refractivity contribution >= 4 is 25.6 Å². The van der Waals surface area contributed by atoms with Crippen LogP contribution in [0.5, 0.6) is 0 Å². The number of amides is 2. The summed E-state index contributed by atoms with van der Waals surface area (Å²) in [4.78, 5) is 28.9. The van der Waals surface area contributed by atoms with Gasteiger partial charge in [-0.1, -0.05) is 62.8 Å². The lowest BCUT2D eigenvalue weighted by Gasteiger charge is -2.59. The number of para-hydroxylation sites is 1. The highest BCUT2D eigenvalue weighted by Gasteiger charge is 2.73. The standard InChI is InChI=1S/C25H31NO2Si/c1-25(2)13-11-15-17(16(25)12-13)19-21-20(18(15)22(19)29(3,4)5)23(27)26(24(21)28)14-9-7-6-8-10-14/h6-10,13,16,18-22H,11-12H2,1-5H3/t13-,16+,18-,19-,20+,21-,22+/m0/s1. The van der Waals surface area contributed by atoms with E-state index in [0.717, 1.165) is 11.6 Å². The normalized spacial score (nSPS) is 41.6. The minimum Gasteiger partial charge on any atom is -0.274 e. The molecule has 7 rings (SSSR count). The van der Waals surface area contributed by atoms with E-state index < -0.39 is 8.07 Å². The highest BCUT2D eigenvalue weighted by Crippen LogP contribution is 2.76. The van der Waals surface area contributed by atoms with Crippen LogP contribution < -0.4 is 4.90 Å². The molecule has 0 unspecified atom stereocenters. The zero-order valence-corrected chi connectivity index (χ0v) is 19.1. The molecule has 2 amide bonds. The molecule has 3 nitrogen and oxygen atoms in total. The second-order valence-corrected chi connectivity index (χ2v) is 17.2. The average molecular weight is 406 g/mol. The van der Waals surface area contributed by atoms with E-state index in [1.165, 1.54) is 17.7 Å². The quantitative estimate of drug-likeness (QED) is 0.389. The first-order valence-electron chi connectivity index (χ1n) is 11.3. The van der Waals surface area contributed by atoms with Crippen molar-refractivity contribution < 1.29 is 9.59 Å². The van der Waals surface area contributed by atoms with Gasteiger partial charge in [0.2, 0.25) is 11.8 Å². The van der Waals surface area contributed by atoms with Crippen LogP contribution in [0.4, 0.5) is 5.69 Å². The molecule has 5 aliphatic carbocycles. The molecule has 0 N–H and O–H groups in total. The van der Waals surface area contributed by atoms with Gasteiger partial charge in [-0.05, 0) is 59.6 Å². The molecule has 0 aromatic heterocycles. The Kier molecular flexibility index (Phi) is 3.32. The van der Waals surface area contributed by atoms with E-state index in [1.807, 2.05) is 30.3 Å². The first-order valence-corrected chi connectivity index (χ1v) is 14.9. The Hall–Kier alpha value is -1.68. The molecule has 1 saturated heterocycles. The summed E-state index contributed by atoms with van der Waals surface area (Å²) in [5.74, 6) is 1.99. The number of hydrogen-bond acceptors (Lipinski definition) is 2. The Morgan fingerprint density at radius 1 is 0.931 bits per heavy atom. The van der Waals surface area contributed by atoms with Crippen molar-refractivity contribution in [3.05, 3.63) is 41.5 Å². The molecule has 4 heteroatoms. The van der Waals surface area contributed by atoms with E-state index in [2.05, 4.69) is 33.5 Å². The van der Waals surface area contributed by atoms with Crippen molar-refractivity contribution in [2.75, 3.05) is 4.90 Å². The van der Waals surface area contributed by atoms with E-state index >= 15 is 0 Å². The van der Waals surface area contributed by atoms with Gasteiger partial charge in [0.25, 0.3) is 0 Å². The molecular weight excluding hydrogens is 374 g/mol. The number of benzene rings is 1. The van der Waals surface area contributed by atoms with E-state index in [-0.39, 0.29) is 23.7 Å². The second kappa shape index (κ2) is 5.32. The zero-order chi connectivity index (χ0) is 20.5. The third kappa shape index (κ3) is 2.00. The van der Waals surface area contributed by atoms with E-state index in [1.54, 1.807) is 11.1 Å². The lowest BCUT2D eigenvalue weighted by Crippen LogP contribution is -2.51. The SMILES string of the molecule is CC1(C)[C@H]2CC3=C([C@H]4[C@@H]5C(=O)N(c6ccccc6)C(=O)[C@@H]5[C@H]3[C@H]4[Si](C)(C)C)[C@H]1C2. The van der Waals surface area contributed by atoms with Crippen LogP contribution in [0.1, 0.15) is 26.7 Å². The smallest absolute Gasteiger partial charge is 0.238 e. The highest BCUT2D eigenvalue weighted by atomic mass is 28.3. The Balaban J connectivity index is 1.48. The molecule has 1 aromatic rings. The number of imide groups is 1. The lowest BCUT2D eigenvalue weighted by atomic mass is 9.45. The van der Waals surface area contributed by atoms with Gasteiger partial charge in [-0.3, -0.25) is 14.5 Å². The van der Waals surface area contributed by atoms with Gasteiger partial charge < -0.3 is 0 Å². The van der Waals surface area contributed by atoms with Crippen LogP contribution in [-0.2, 0) is 9.59 Å². The van der Waals surface area contributed by atoms with Crippen molar-refractivity contribution in [3.8, 4) is 0 Å². The number of rotatable bonds is 2. The van der Waals surface area contributed by atoms with Gasteiger partial charge in [0.1, 0.15) is 0 Å². The lowest BCUT2D eigenvalue weighted by molar-refractivity contribution is -0.123. The predicted octanol–water partition coefficient (Wildman–Crippen LogP) is 5.12. The van der Waals surface area contributed by atoms with Crippen LogP contribution in [-0.4, -0.2) is 19.9 Å². The molecule has 2 saturated carbocycles. The maximum Gasteiger partial charge on any atom is 0.238 e. The number of nitrogens with zero attached hydrogens (tertiary/aromatic N) is 1. The zero-order valence-electron chi connectivity index (χ0n) is 18.1. The van der Waals surface area contributed by atoms with Crippen LogP contribution in [0.3, 0.4) is 0 Å². The van der Waals surface area contributed by atoms with Gasteiger partial charge in [0.15, 0.2) is 0 Å². The highest BCUT2D eigenvalue weighted by molar-refractivity contribution is 6.78. The predicted molar refractivity (Wildman–Crippen MR) is 117 cm³/mol. The molecule has 1 heterocycles. The minimum atomic E-state index is -1.52. The summed E-state index contributed by atoms with van der Waals surface area (Å²) in [6, 6.07) is 9.59. The van der Waals surface area contributed by atoms with Crippen LogP contribution in [0, 0.1) is 40.9 Å². The summed E-state index contributed by atoms with van der Waals surface area (Å²) in [6.07, 6.45) is 2.48. The number of hydrogen-bond donors (Lipinski definition) is 0. The number of allylic oxidation sites excluding steroid dienone is 2. The maximum atomic E-state index is 13.7. The van der Waals surface area contributed by atoms with Gasteiger partial charge in [-0.25, -0.2) is 0 Å². The van der Waals surface area contributed by atoms with Gasteiger partial charge in [0, 0.05) is 8.07 Å². The minimum absolute atomic E-state index is 0.0759. The Bertz CT molecular complexity index is 972. The van der Waals surface area contributed by atoms with Crippen LogP contribution >= 0.6 is 0 Å². The van der Waals surface area contributed by atoms with Crippen molar-refractivity contribution in [2.24, 2.45) is 40.9 Å². The second-order valence-electron chi connectivity index (χ2n) is 11.8. The molecule has 152 valence electrons. The Morgan fingerprint density at radius 3 is 2.14 bits per heavy atom. The van der Waals surface area contributed by atoms with Crippen LogP contribution in [0.15, 0.2) is 41.5 Å². The van der Waals surface area contributed by atoms with Gasteiger partial charge >= 0.3 is 0 Å². The fourth-order valence-electron chi connectivity index (χ4n) is 8.14. The van der Waals surface area contributed by atoms with Gasteiger partial charge in [-0.15, -0.1) is 0 Å². The number of anilines is 1. The molecule has 3 fully saturated rings. The molecule has 0 spiro atoms. The first-order chi connectivity index (χ1) is 13.6. The third-order valence-corrected chi connectivity index (χ3v) is 12.1. The first kappa shape index (κ1) is 18.1. The summed E-state index contributed by atoms with van der Waals surface area (Å²) in [6.45, 7) is 12.2. The molecule has 1 aromatic carbocycles. The molecular formula is C25H31NO2Si. The van der Waals surface area contributed by atoms with E-state index in [0.29, 0.717) is 28.7 Å². The van der Waals surface area contributed by atoms with Crippen molar-refractivity contribution in [2.45, 2.75) is 51.9 Å². The summed E-state index contributed by atoms with van der Waals surface area (Å²) in [5.41, 5.74) is 4.95. The molecule has 0 radical (unpaired) electrons. The van der Waals surface area contributed by atoms with Crippen molar-refractivity contribution in [3.63, 3.8) is 0 Å². The molecule has 6 aliphatic rings. The van der Waals surface area contributed by atoms with Crippen molar-refractivity contribution in [1.29, 1.82) is 0 Å². The van der Waals surface area contributed by atoms with Crippen LogP contribution in [0.25, 0.3) is 0 Å². The third-order valence-electron chi connectivity index (χ3n) is 9.40. The summed E-state index contributed by atoms with van der Waals surface area (Å²) in [5, 5.41) is 0. The summed E-state index contributed by atoms with van der Waals surface area (Å²) < 4.78 is 0. The van der Waals surface area contributed by atoms with E-state index in [4.69, 9.17) is 0 Å². The Morgan fingerprint density at radius 2 is 1.55 bits per heavy atom. The van der Waals surface area contributed by atoms with Crippen LogP contribution in [0.2, 0.25) is 25.2 Å². The van der Waals surface area contributed by atoms with E-state index in [9.17, 15) is 9.59 Å². The summed E-state index contributed by atoms with van der Waals surface area (Å²) >= 11 is 0. The average Bonchev–Trinajstić information content (AvgIpc) is 3.28. The maximum absolute atomic E-state index is 13.7. The largest absolute Gasteiger partial charge is 0.274 e. The Labute approximate surface area is 174 Å². The monoisotopic (exact) mass is 405 g/mol. The number of fused-ring (bicyclic) bond motifs is 5. The van der Waals surface area contributed by atoms with Gasteiger partial charge in [0.05, 0.1) is 17.5 Å². The van der Waals surface area contributed by atoms with Crippen molar-refractivity contribution in [1.82, 2.24) is 0 Å². The fraction of sp³-hybridized carbons (Fsp3) is 0.600. The number of carbonyl (C=O) groups is 2. The van der Waals surface area contributed by atoms with Gasteiger partial charge in [-0.2, -0.15) is 0 Å². The molecule has 29 heavy (non-hydrogen) atoms. The number of carbonyl (C=O) groups excluding carboxylic acids is 2. The summed E-state index contributed by atoms with van der Waals surface area (Å²) in [7, 11) is -1.52. The molecule has 4 bridgehead atoms. The molecule has 1 aliphatic heterocycles. The topological polar surface area (TPSA) is 37.4 Å².